The summed E-state index contributed by atoms with van der Waals surface area (Å²) in [5.74, 6) is -0.912. The Morgan fingerprint density at radius 3 is 2.54 bits per heavy atom. The monoisotopic (exact) mass is 483 g/mol. The fourth-order valence-electron chi connectivity index (χ4n) is 4.90. The number of carbonyl (C=O) groups is 3. The van der Waals surface area contributed by atoms with Crippen molar-refractivity contribution < 1.29 is 24.0 Å². The molecular formula is C25H30FN5O4. The highest BCUT2D eigenvalue weighted by Crippen LogP contribution is 2.32. The van der Waals surface area contributed by atoms with Gasteiger partial charge in [0.1, 0.15) is 17.7 Å². The van der Waals surface area contributed by atoms with Crippen molar-refractivity contribution in [2.75, 3.05) is 18.4 Å². The molecule has 0 unspecified atom stereocenters. The van der Waals surface area contributed by atoms with Gasteiger partial charge in [-0.25, -0.2) is 19.9 Å². The van der Waals surface area contributed by atoms with Crippen LogP contribution in [0.5, 0.6) is 0 Å². The summed E-state index contributed by atoms with van der Waals surface area (Å²) in [6.07, 6.45) is 7.13. The summed E-state index contributed by atoms with van der Waals surface area (Å²) in [7, 11) is 0. The molecule has 2 fully saturated rings. The van der Waals surface area contributed by atoms with Crippen molar-refractivity contribution in [1.29, 1.82) is 0 Å². The molecular weight excluding hydrogens is 453 g/mol. The number of nitrogens with one attached hydrogen (secondary N) is 2. The first-order valence-electron chi connectivity index (χ1n) is 11.9. The van der Waals surface area contributed by atoms with Gasteiger partial charge in [-0.05, 0) is 48.6 Å². The van der Waals surface area contributed by atoms with E-state index in [2.05, 4.69) is 15.7 Å². The molecule has 186 valence electrons. The molecule has 1 saturated carbocycles. The second kappa shape index (κ2) is 11.4. The zero-order chi connectivity index (χ0) is 24.8. The molecule has 1 aliphatic heterocycles. The highest BCUT2D eigenvalue weighted by atomic mass is 19.1. The Bertz CT molecular complexity index is 1030. The second-order valence-electron chi connectivity index (χ2n) is 9.16. The van der Waals surface area contributed by atoms with Gasteiger partial charge >= 0.3 is 0 Å². The molecule has 9 nitrogen and oxygen atoms in total. The first-order valence-corrected chi connectivity index (χ1v) is 11.9. The minimum atomic E-state index is -0.740. The fourth-order valence-corrected chi connectivity index (χ4v) is 4.90. The Labute approximate surface area is 203 Å². The number of hydrogen-bond donors (Lipinski definition) is 3. The molecule has 35 heavy (non-hydrogen) atoms. The molecule has 3 N–H and O–H groups in total. The van der Waals surface area contributed by atoms with E-state index in [1.54, 1.807) is 30.5 Å². The van der Waals surface area contributed by atoms with Crippen LogP contribution in [0.3, 0.4) is 0 Å². The zero-order valence-electron chi connectivity index (χ0n) is 19.4. The van der Waals surface area contributed by atoms with Gasteiger partial charge in [0, 0.05) is 18.3 Å². The summed E-state index contributed by atoms with van der Waals surface area (Å²) in [5.41, 5.74) is 4.57. The maximum absolute atomic E-state index is 13.4. The zero-order valence-corrected chi connectivity index (χ0v) is 19.4. The summed E-state index contributed by atoms with van der Waals surface area (Å²) < 4.78 is 13.2. The number of benzene rings is 1. The van der Waals surface area contributed by atoms with Gasteiger partial charge in [-0.2, -0.15) is 0 Å². The number of hydroxylamine groups is 2. The molecule has 2 atom stereocenters. The molecule has 0 bridgehead atoms. The van der Waals surface area contributed by atoms with Crippen LogP contribution in [0.2, 0.25) is 0 Å². The molecule has 2 aromatic rings. The van der Waals surface area contributed by atoms with Crippen LogP contribution in [-0.2, 0) is 14.4 Å². The minimum Gasteiger partial charge on any atom is -0.309 e. The Kier molecular flexibility index (Phi) is 8.04. The molecule has 4 rings (SSSR count). The predicted molar refractivity (Wildman–Crippen MR) is 126 cm³/mol. The number of rotatable bonds is 9. The van der Waals surface area contributed by atoms with Gasteiger partial charge in [-0.3, -0.25) is 24.6 Å². The molecule has 0 radical (unpaired) electrons. The van der Waals surface area contributed by atoms with Crippen LogP contribution in [-0.4, -0.2) is 57.6 Å². The lowest BCUT2D eigenvalue weighted by molar-refractivity contribution is -0.159. The van der Waals surface area contributed by atoms with E-state index in [-0.39, 0.29) is 30.6 Å². The summed E-state index contributed by atoms with van der Waals surface area (Å²) in [6.45, 7) is 0.338. The molecule has 3 amide bonds. The van der Waals surface area contributed by atoms with Crippen LogP contribution in [0.1, 0.15) is 38.5 Å². The number of pyridine rings is 1. The number of nitrogens with zero attached hydrogens (tertiary/aromatic N) is 3. The smallest absolute Gasteiger partial charge is 0.250 e. The number of hydrogen-bond acceptors (Lipinski definition) is 6. The maximum atomic E-state index is 13.4. The Morgan fingerprint density at radius 1 is 1.17 bits per heavy atom. The van der Waals surface area contributed by atoms with Crippen LogP contribution in [0.15, 0.2) is 42.6 Å². The van der Waals surface area contributed by atoms with Crippen LogP contribution >= 0.6 is 0 Å². The predicted octanol–water partition coefficient (Wildman–Crippen LogP) is 2.98. The number of anilines is 1. The molecule has 2 heterocycles. The number of carbonyl (C=O) groups excluding carboxylic acids is 3. The number of amides is 3. The molecule has 0 spiro atoms. The average Bonchev–Trinajstić information content (AvgIpc) is 3.56. The lowest BCUT2D eigenvalue weighted by Crippen LogP contribution is -2.51. The van der Waals surface area contributed by atoms with E-state index >= 15 is 0 Å². The van der Waals surface area contributed by atoms with E-state index in [1.807, 2.05) is 0 Å². The van der Waals surface area contributed by atoms with Crippen molar-refractivity contribution in [3.05, 3.63) is 48.4 Å². The molecule has 1 aliphatic carbocycles. The van der Waals surface area contributed by atoms with Gasteiger partial charge in [0.15, 0.2) is 0 Å². The maximum Gasteiger partial charge on any atom is 0.250 e. The van der Waals surface area contributed by atoms with E-state index in [9.17, 15) is 24.0 Å². The Balaban J connectivity index is 1.41. The summed E-state index contributed by atoms with van der Waals surface area (Å²) in [4.78, 5) is 41.6. The SMILES string of the molecule is O=CN(O)C[C@@H](CC1CCCC1)C(=O)N1NCC[C@H]1C(=O)Nc1ccc(-c2ccc(F)cc2)cn1. The lowest BCUT2D eigenvalue weighted by Gasteiger charge is -2.29. The largest absolute Gasteiger partial charge is 0.309 e. The van der Waals surface area contributed by atoms with E-state index in [1.165, 1.54) is 17.1 Å². The molecule has 1 aromatic heterocycles. The van der Waals surface area contributed by atoms with E-state index in [4.69, 9.17) is 0 Å². The highest BCUT2D eigenvalue weighted by Gasteiger charge is 2.39. The van der Waals surface area contributed by atoms with E-state index < -0.39 is 12.0 Å². The molecule has 1 aromatic carbocycles. The van der Waals surface area contributed by atoms with E-state index in [0.29, 0.717) is 36.2 Å². The molecule has 10 heteroatoms. The first-order chi connectivity index (χ1) is 16.9. The summed E-state index contributed by atoms with van der Waals surface area (Å²) in [6, 6.07) is 8.73. The standard InChI is InChI=1S/C25H30FN5O4/c26-21-8-5-18(6-9-21)19-7-10-23(27-14-19)29-24(33)22-11-12-28-31(22)25(34)20(15-30(35)16-32)13-17-3-1-2-4-17/h5-10,14,16-17,20,22,28,35H,1-4,11-13,15H2,(H,27,29,33)/t20-,22+/m1/s1. The van der Waals surface area contributed by atoms with Gasteiger partial charge in [0.2, 0.25) is 18.2 Å². The van der Waals surface area contributed by atoms with Crippen molar-refractivity contribution in [2.45, 2.75) is 44.6 Å². The van der Waals surface area contributed by atoms with Crippen molar-refractivity contribution in [2.24, 2.45) is 11.8 Å². The molecule has 2 aliphatic rings. The first kappa shape index (κ1) is 24.7. The van der Waals surface area contributed by atoms with Crippen molar-refractivity contribution >= 4 is 24.0 Å². The number of aromatic nitrogens is 1. The lowest BCUT2D eigenvalue weighted by atomic mass is 9.92. The topological polar surface area (TPSA) is 115 Å². The summed E-state index contributed by atoms with van der Waals surface area (Å²) >= 11 is 0. The third-order valence-corrected chi connectivity index (χ3v) is 6.71. The summed E-state index contributed by atoms with van der Waals surface area (Å²) in [5, 5.41) is 14.3. The normalized spacial score (nSPS) is 18.9. The van der Waals surface area contributed by atoms with Crippen LogP contribution in [0.25, 0.3) is 11.1 Å². The quantitative estimate of drug-likeness (QED) is 0.287. The number of hydrazine groups is 1. The van der Waals surface area contributed by atoms with Gasteiger partial charge in [0.25, 0.3) is 0 Å². The van der Waals surface area contributed by atoms with Crippen molar-refractivity contribution in [1.82, 2.24) is 20.5 Å². The Hall–Kier alpha value is -3.37. The van der Waals surface area contributed by atoms with Crippen LogP contribution in [0.4, 0.5) is 10.2 Å². The highest BCUT2D eigenvalue weighted by molar-refractivity contribution is 5.97. The fraction of sp³-hybridized carbons (Fsp3) is 0.440. The number of halogens is 1. The van der Waals surface area contributed by atoms with Gasteiger partial charge < -0.3 is 5.32 Å². The average molecular weight is 484 g/mol. The minimum absolute atomic E-state index is 0.113. The van der Waals surface area contributed by atoms with Crippen molar-refractivity contribution in [3.8, 4) is 11.1 Å². The molecule has 1 saturated heterocycles. The van der Waals surface area contributed by atoms with Crippen LogP contribution in [0, 0.1) is 17.7 Å². The second-order valence-corrected chi connectivity index (χ2v) is 9.16. The van der Waals surface area contributed by atoms with E-state index in [0.717, 1.165) is 36.8 Å². The van der Waals surface area contributed by atoms with Gasteiger partial charge in [-0.15, -0.1) is 0 Å². The Morgan fingerprint density at radius 2 is 1.89 bits per heavy atom. The third kappa shape index (κ3) is 6.20. The van der Waals surface area contributed by atoms with Gasteiger partial charge in [-0.1, -0.05) is 37.8 Å². The third-order valence-electron chi connectivity index (χ3n) is 6.71. The van der Waals surface area contributed by atoms with Crippen molar-refractivity contribution in [3.63, 3.8) is 0 Å². The van der Waals surface area contributed by atoms with Gasteiger partial charge in [0.05, 0.1) is 12.5 Å². The van der Waals surface area contributed by atoms with Crippen LogP contribution < -0.4 is 10.7 Å².